The van der Waals surface area contributed by atoms with Crippen LogP contribution >= 0.6 is 11.3 Å². The van der Waals surface area contributed by atoms with Gasteiger partial charge in [0, 0.05) is 24.5 Å². The number of anilines is 1. The van der Waals surface area contributed by atoms with Crippen molar-refractivity contribution in [3.63, 3.8) is 0 Å². The maximum absolute atomic E-state index is 13.6. The van der Waals surface area contributed by atoms with Crippen molar-refractivity contribution in [1.82, 2.24) is 9.97 Å². The third kappa shape index (κ3) is 5.36. The Labute approximate surface area is 195 Å². The van der Waals surface area contributed by atoms with Gasteiger partial charge in [-0.1, -0.05) is 37.0 Å². The number of H-pyrrole nitrogens is 1. The molecular formula is C22H28FN3O5S2. The lowest BCUT2D eigenvalue weighted by Crippen LogP contribution is -2.34. The number of ether oxygens (including phenoxy) is 1. The second kappa shape index (κ2) is 10.0. The van der Waals surface area contributed by atoms with Crippen LogP contribution in [-0.4, -0.2) is 42.8 Å². The SMILES string of the molecule is Cc1cc(S(=O)(=O)C2CCOCC2)c([C@@H](CC2CCCC2)C(=O)Nc2ncc(F)s2)c(=O)[nH]1. The van der Waals surface area contributed by atoms with Gasteiger partial charge in [-0.2, -0.15) is 4.39 Å². The molecule has 1 amide bonds. The van der Waals surface area contributed by atoms with E-state index in [1.165, 1.54) is 6.07 Å². The number of hydrogen-bond donors (Lipinski definition) is 2. The number of sulfone groups is 1. The lowest BCUT2D eigenvalue weighted by Gasteiger charge is -2.26. The third-order valence-corrected chi connectivity index (χ3v) is 9.50. The van der Waals surface area contributed by atoms with Gasteiger partial charge < -0.3 is 15.0 Å². The lowest BCUT2D eigenvalue weighted by molar-refractivity contribution is -0.118. The van der Waals surface area contributed by atoms with E-state index in [0.717, 1.165) is 31.9 Å². The fourth-order valence-electron chi connectivity index (χ4n) is 4.84. The number of rotatable bonds is 7. The van der Waals surface area contributed by atoms with Crippen LogP contribution in [0.1, 0.15) is 62.1 Å². The van der Waals surface area contributed by atoms with E-state index in [0.29, 0.717) is 49.5 Å². The van der Waals surface area contributed by atoms with Gasteiger partial charge in [0.25, 0.3) is 5.56 Å². The van der Waals surface area contributed by atoms with Gasteiger partial charge in [-0.15, -0.1) is 0 Å². The van der Waals surface area contributed by atoms with E-state index in [-0.39, 0.29) is 21.5 Å². The molecule has 1 aliphatic carbocycles. The Bertz CT molecular complexity index is 1160. The first kappa shape index (κ1) is 24.0. The number of carbonyl (C=O) groups is 1. The molecule has 3 heterocycles. The summed E-state index contributed by atoms with van der Waals surface area (Å²) in [6.07, 6.45) is 5.94. The Hall–Kier alpha value is -2.11. The molecule has 2 aliphatic rings. The fraction of sp³-hybridized carbons (Fsp3) is 0.591. The van der Waals surface area contributed by atoms with Gasteiger partial charge in [-0.25, -0.2) is 13.4 Å². The van der Waals surface area contributed by atoms with E-state index in [2.05, 4.69) is 15.3 Å². The van der Waals surface area contributed by atoms with Crippen molar-refractivity contribution in [2.45, 2.75) is 67.9 Å². The zero-order valence-corrected chi connectivity index (χ0v) is 20.1. The molecule has 0 spiro atoms. The first-order chi connectivity index (χ1) is 15.8. The van der Waals surface area contributed by atoms with Gasteiger partial charge in [0.1, 0.15) is 0 Å². The van der Waals surface area contributed by atoms with Crippen LogP contribution in [0.3, 0.4) is 0 Å². The second-order valence-corrected chi connectivity index (χ2v) is 12.0. The number of pyridine rings is 1. The topological polar surface area (TPSA) is 118 Å². The van der Waals surface area contributed by atoms with Gasteiger partial charge in [-0.05, 0) is 38.2 Å². The van der Waals surface area contributed by atoms with Gasteiger partial charge in [-0.3, -0.25) is 9.59 Å². The van der Waals surface area contributed by atoms with Crippen molar-refractivity contribution in [1.29, 1.82) is 0 Å². The van der Waals surface area contributed by atoms with Gasteiger partial charge in [0.15, 0.2) is 20.1 Å². The van der Waals surface area contributed by atoms with Crippen molar-refractivity contribution in [3.8, 4) is 0 Å². The molecule has 1 saturated carbocycles. The summed E-state index contributed by atoms with van der Waals surface area (Å²) in [4.78, 5) is 33.0. The largest absolute Gasteiger partial charge is 0.381 e. The molecule has 1 saturated heterocycles. The van der Waals surface area contributed by atoms with Crippen LogP contribution in [0.15, 0.2) is 22.0 Å². The number of nitrogens with one attached hydrogen (secondary N) is 2. The average molecular weight is 498 g/mol. The van der Waals surface area contributed by atoms with Gasteiger partial charge in [0.2, 0.25) is 5.91 Å². The highest BCUT2D eigenvalue weighted by atomic mass is 32.2. The molecule has 2 fully saturated rings. The van der Waals surface area contributed by atoms with Crippen LogP contribution in [0.5, 0.6) is 0 Å². The predicted molar refractivity (Wildman–Crippen MR) is 123 cm³/mol. The van der Waals surface area contributed by atoms with Crippen molar-refractivity contribution < 1.29 is 22.3 Å². The van der Waals surface area contributed by atoms with Crippen LogP contribution in [0.2, 0.25) is 0 Å². The number of aryl methyl sites for hydroxylation is 1. The number of hydrogen-bond acceptors (Lipinski definition) is 7. The number of carbonyl (C=O) groups excluding carboxylic acids is 1. The maximum Gasteiger partial charge on any atom is 0.253 e. The second-order valence-electron chi connectivity index (χ2n) is 8.81. The summed E-state index contributed by atoms with van der Waals surface area (Å²) in [7, 11) is -3.87. The summed E-state index contributed by atoms with van der Waals surface area (Å²) in [5, 5.41) is 1.45. The van der Waals surface area contributed by atoms with Crippen LogP contribution in [0, 0.1) is 18.0 Å². The number of aromatic nitrogens is 2. The molecule has 4 rings (SSSR count). The number of nitrogens with zero attached hydrogens (tertiary/aromatic N) is 1. The molecule has 0 aromatic carbocycles. The molecule has 180 valence electrons. The smallest absolute Gasteiger partial charge is 0.253 e. The molecule has 2 aromatic heterocycles. The highest BCUT2D eigenvalue weighted by molar-refractivity contribution is 7.92. The molecule has 2 aromatic rings. The van der Waals surface area contributed by atoms with E-state index in [1.54, 1.807) is 6.92 Å². The Balaban J connectivity index is 1.78. The fourth-order valence-corrected chi connectivity index (χ4v) is 7.44. The van der Waals surface area contributed by atoms with Crippen molar-refractivity contribution in [2.24, 2.45) is 5.92 Å². The average Bonchev–Trinajstić information content (AvgIpc) is 3.44. The summed E-state index contributed by atoms with van der Waals surface area (Å²) >= 11 is 0.683. The summed E-state index contributed by atoms with van der Waals surface area (Å²) in [5.74, 6) is -1.34. The number of amides is 1. The minimum absolute atomic E-state index is 0.0338. The summed E-state index contributed by atoms with van der Waals surface area (Å²) in [6.45, 7) is 2.30. The van der Waals surface area contributed by atoms with Crippen LogP contribution < -0.4 is 10.9 Å². The number of aromatic amines is 1. The molecule has 1 atom stereocenters. The zero-order valence-electron chi connectivity index (χ0n) is 18.4. The maximum atomic E-state index is 13.6. The van der Waals surface area contributed by atoms with Gasteiger partial charge in [0.05, 0.1) is 22.3 Å². The summed E-state index contributed by atoms with van der Waals surface area (Å²) in [6, 6.07) is 1.46. The number of halogens is 1. The zero-order chi connectivity index (χ0) is 23.6. The molecule has 0 unspecified atom stereocenters. The van der Waals surface area contributed by atoms with Crippen molar-refractivity contribution >= 4 is 32.2 Å². The molecule has 11 heteroatoms. The number of thiazole rings is 1. The highest BCUT2D eigenvalue weighted by Gasteiger charge is 2.38. The molecule has 1 aliphatic heterocycles. The summed E-state index contributed by atoms with van der Waals surface area (Å²) < 4.78 is 46.0. The molecule has 0 bridgehead atoms. The lowest BCUT2D eigenvalue weighted by atomic mass is 9.87. The minimum atomic E-state index is -3.87. The Morgan fingerprint density at radius 1 is 1.30 bits per heavy atom. The van der Waals surface area contributed by atoms with Crippen molar-refractivity contribution in [2.75, 3.05) is 18.5 Å². The van der Waals surface area contributed by atoms with Gasteiger partial charge >= 0.3 is 0 Å². The summed E-state index contributed by atoms with van der Waals surface area (Å²) in [5.41, 5.74) is -0.200. The Morgan fingerprint density at radius 3 is 2.64 bits per heavy atom. The monoisotopic (exact) mass is 497 g/mol. The van der Waals surface area contributed by atoms with Crippen LogP contribution in [0.4, 0.5) is 9.52 Å². The first-order valence-electron chi connectivity index (χ1n) is 11.2. The molecular weight excluding hydrogens is 469 g/mol. The minimum Gasteiger partial charge on any atom is -0.381 e. The normalized spacial score (nSPS) is 19.0. The van der Waals surface area contributed by atoms with Crippen LogP contribution in [-0.2, 0) is 19.4 Å². The quantitative estimate of drug-likeness (QED) is 0.604. The standard InChI is InChI=1S/C22H28FN3O5S2/c1-13-10-17(33(29,30)15-6-8-31-9-7-15)19(21(28)25-13)16(11-14-4-2-3-5-14)20(27)26-22-24-12-18(23)32-22/h10,12,14-16H,2-9,11H2,1H3,(H,25,28)(H,24,26,27)/t16-/m1/s1. The Kier molecular flexibility index (Phi) is 7.30. The van der Waals surface area contributed by atoms with Crippen LogP contribution in [0.25, 0.3) is 0 Å². The van der Waals surface area contributed by atoms with E-state index in [9.17, 15) is 22.4 Å². The third-order valence-electron chi connectivity index (χ3n) is 6.50. The van der Waals surface area contributed by atoms with E-state index >= 15 is 0 Å². The Morgan fingerprint density at radius 2 is 2.00 bits per heavy atom. The van der Waals surface area contributed by atoms with Crippen molar-refractivity contribution in [3.05, 3.63) is 39.0 Å². The predicted octanol–water partition coefficient (Wildman–Crippen LogP) is 3.53. The molecule has 0 radical (unpaired) electrons. The highest BCUT2D eigenvalue weighted by Crippen LogP contribution is 2.37. The molecule has 2 N–H and O–H groups in total. The van der Waals surface area contributed by atoms with E-state index in [1.807, 2.05) is 0 Å². The van der Waals surface area contributed by atoms with E-state index in [4.69, 9.17) is 4.74 Å². The first-order valence-corrected chi connectivity index (χ1v) is 13.6. The van der Waals surface area contributed by atoms with E-state index < -0.39 is 37.6 Å². The molecule has 8 nitrogen and oxygen atoms in total. The molecule has 33 heavy (non-hydrogen) atoms.